The molecule has 4 N–H and O–H groups in total. The number of nitrogens with two attached hydrogens (primary N) is 1. The van der Waals surface area contributed by atoms with Crippen LogP contribution in [0.4, 0.5) is 5.13 Å². The molecule has 0 radical (unpaired) electrons. The highest BCUT2D eigenvalue weighted by Crippen LogP contribution is 2.10. The van der Waals surface area contributed by atoms with Gasteiger partial charge in [0, 0.05) is 18.1 Å². The van der Waals surface area contributed by atoms with Crippen LogP contribution in [0.3, 0.4) is 0 Å². The first-order valence-corrected chi connectivity index (χ1v) is 8.39. The van der Waals surface area contributed by atoms with Gasteiger partial charge >= 0.3 is 11.8 Å². The van der Waals surface area contributed by atoms with Gasteiger partial charge in [0.1, 0.15) is 0 Å². The molecule has 8 nitrogen and oxygen atoms in total. The van der Waals surface area contributed by atoms with Crippen molar-refractivity contribution in [3.63, 3.8) is 0 Å². The highest BCUT2D eigenvalue weighted by molar-refractivity contribution is 7.89. The Labute approximate surface area is 130 Å². The van der Waals surface area contributed by atoms with Crippen molar-refractivity contribution in [3.8, 4) is 0 Å². The van der Waals surface area contributed by atoms with E-state index in [1.54, 1.807) is 5.38 Å². The lowest BCUT2D eigenvalue weighted by Crippen LogP contribution is -2.34. The number of hydrogen-bond acceptors (Lipinski definition) is 6. The van der Waals surface area contributed by atoms with Crippen LogP contribution in [0.25, 0.3) is 0 Å². The van der Waals surface area contributed by atoms with Crippen molar-refractivity contribution >= 4 is 38.3 Å². The quantitative estimate of drug-likeness (QED) is 0.677. The Hall–Kier alpha value is -2.30. The first kappa shape index (κ1) is 16.1. The van der Waals surface area contributed by atoms with Crippen LogP contribution < -0.4 is 15.8 Å². The molecule has 10 heteroatoms. The SMILES string of the molecule is NS(=O)(=O)c1ccc(CNC(=O)C(=O)Nc2nccs2)cc1. The van der Waals surface area contributed by atoms with Gasteiger partial charge < -0.3 is 5.32 Å². The number of carbonyl (C=O) groups excluding carboxylic acids is 2. The van der Waals surface area contributed by atoms with Crippen LogP contribution in [0.5, 0.6) is 0 Å². The molecule has 22 heavy (non-hydrogen) atoms. The van der Waals surface area contributed by atoms with Gasteiger partial charge in [0.15, 0.2) is 5.13 Å². The molecular formula is C12H12N4O4S2. The number of nitrogens with zero attached hydrogens (tertiary/aromatic N) is 1. The molecule has 116 valence electrons. The summed E-state index contributed by atoms with van der Waals surface area (Å²) in [5.74, 6) is -1.64. The minimum absolute atomic E-state index is 0.0240. The normalized spacial score (nSPS) is 11.0. The number of rotatable bonds is 4. The number of primary sulfonamides is 1. The van der Waals surface area contributed by atoms with Crippen molar-refractivity contribution in [2.45, 2.75) is 11.4 Å². The van der Waals surface area contributed by atoms with Crippen LogP contribution >= 0.6 is 11.3 Å². The van der Waals surface area contributed by atoms with E-state index in [2.05, 4.69) is 15.6 Å². The average Bonchev–Trinajstić information content (AvgIpc) is 2.97. The summed E-state index contributed by atoms with van der Waals surface area (Å²) in [5.41, 5.74) is 0.628. The zero-order valence-electron chi connectivity index (χ0n) is 11.1. The standard InChI is InChI=1S/C12H12N4O4S2/c13-22(19,20)9-3-1-8(2-4-9)7-15-10(17)11(18)16-12-14-5-6-21-12/h1-6H,7H2,(H,15,17)(H2,13,19,20)(H,14,16,18). The van der Waals surface area contributed by atoms with Crippen molar-refractivity contribution in [1.82, 2.24) is 10.3 Å². The summed E-state index contributed by atoms with van der Waals surface area (Å²) in [7, 11) is -3.75. The molecule has 0 atom stereocenters. The van der Waals surface area contributed by atoms with Gasteiger partial charge in [-0.3, -0.25) is 14.9 Å². The van der Waals surface area contributed by atoms with E-state index in [1.807, 2.05) is 0 Å². The summed E-state index contributed by atoms with van der Waals surface area (Å²) < 4.78 is 22.2. The maximum absolute atomic E-state index is 11.6. The fourth-order valence-corrected chi connectivity index (χ4v) is 2.54. The Morgan fingerprint density at radius 3 is 2.41 bits per heavy atom. The number of nitrogens with one attached hydrogen (secondary N) is 2. The number of aromatic nitrogens is 1. The number of hydrogen-bond donors (Lipinski definition) is 3. The predicted molar refractivity (Wildman–Crippen MR) is 80.4 cm³/mol. The van der Waals surface area contributed by atoms with E-state index in [9.17, 15) is 18.0 Å². The van der Waals surface area contributed by atoms with E-state index in [0.717, 1.165) is 0 Å². The topological polar surface area (TPSA) is 131 Å². The van der Waals surface area contributed by atoms with Crippen LogP contribution in [-0.2, 0) is 26.2 Å². The molecule has 1 aromatic heterocycles. The Morgan fingerprint density at radius 2 is 1.86 bits per heavy atom. The summed E-state index contributed by atoms with van der Waals surface area (Å²) >= 11 is 1.20. The molecule has 2 aromatic rings. The second-order valence-corrected chi connectivity index (χ2v) is 6.62. The third kappa shape index (κ3) is 4.35. The monoisotopic (exact) mass is 340 g/mol. The molecule has 0 unspecified atom stereocenters. The van der Waals surface area contributed by atoms with Gasteiger partial charge in [0.2, 0.25) is 10.0 Å². The second-order valence-electron chi connectivity index (χ2n) is 4.16. The molecule has 0 saturated heterocycles. The lowest BCUT2D eigenvalue weighted by molar-refractivity contribution is -0.136. The molecule has 0 fully saturated rings. The molecular weight excluding hydrogens is 328 g/mol. The summed E-state index contributed by atoms with van der Waals surface area (Å²) in [6.45, 7) is 0.0784. The zero-order chi connectivity index (χ0) is 16.2. The lowest BCUT2D eigenvalue weighted by atomic mass is 10.2. The van der Waals surface area contributed by atoms with Crippen LogP contribution in [0.1, 0.15) is 5.56 Å². The molecule has 0 spiro atoms. The van der Waals surface area contributed by atoms with E-state index >= 15 is 0 Å². The van der Waals surface area contributed by atoms with Crippen molar-refractivity contribution < 1.29 is 18.0 Å². The molecule has 0 aliphatic carbocycles. The average molecular weight is 340 g/mol. The maximum atomic E-state index is 11.6. The van der Waals surface area contributed by atoms with Crippen LogP contribution in [-0.4, -0.2) is 25.2 Å². The van der Waals surface area contributed by atoms with Gasteiger partial charge in [-0.15, -0.1) is 11.3 Å². The maximum Gasteiger partial charge on any atom is 0.315 e. The molecule has 0 saturated carbocycles. The van der Waals surface area contributed by atoms with Gasteiger partial charge in [-0.1, -0.05) is 12.1 Å². The molecule has 0 bridgehead atoms. The Balaban J connectivity index is 1.89. The smallest absolute Gasteiger partial charge is 0.315 e. The van der Waals surface area contributed by atoms with E-state index in [0.29, 0.717) is 10.7 Å². The highest BCUT2D eigenvalue weighted by Gasteiger charge is 2.14. The first-order chi connectivity index (χ1) is 10.4. The van der Waals surface area contributed by atoms with E-state index < -0.39 is 21.8 Å². The summed E-state index contributed by atoms with van der Waals surface area (Å²) in [5, 5.41) is 11.7. The Morgan fingerprint density at radius 1 is 1.18 bits per heavy atom. The third-order valence-corrected chi connectivity index (χ3v) is 4.18. The molecule has 1 aromatic carbocycles. The molecule has 0 aliphatic rings. The van der Waals surface area contributed by atoms with Crippen molar-refractivity contribution in [2.24, 2.45) is 5.14 Å². The minimum Gasteiger partial charge on any atom is -0.344 e. The number of benzene rings is 1. The van der Waals surface area contributed by atoms with Gasteiger partial charge in [0.25, 0.3) is 0 Å². The number of amides is 2. The van der Waals surface area contributed by atoms with E-state index in [1.165, 1.54) is 41.8 Å². The summed E-state index contributed by atoms with van der Waals surface area (Å²) in [4.78, 5) is 27.0. The van der Waals surface area contributed by atoms with E-state index in [4.69, 9.17) is 5.14 Å². The lowest BCUT2D eigenvalue weighted by Gasteiger charge is -2.05. The summed E-state index contributed by atoms with van der Waals surface area (Å²) in [6, 6.07) is 5.65. The van der Waals surface area contributed by atoms with Crippen molar-refractivity contribution in [1.29, 1.82) is 0 Å². The van der Waals surface area contributed by atoms with Crippen LogP contribution in [0.15, 0.2) is 40.7 Å². The largest absolute Gasteiger partial charge is 0.344 e. The molecule has 1 heterocycles. The number of sulfonamides is 1. The Kier molecular flexibility index (Phi) is 4.85. The zero-order valence-corrected chi connectivity index (χ0v) is 12.8. The minimum atomic E-state index is -3.75. The number of carbonyl (C=O) groups is 2. The highest BCUT2D eigenvalue weighted by atomic mass is 32.2. The van der Waals surface area contributed by atoms with Crippen LogP contribution in [0.2, 0.25) is 0 Å². The van der Waals surface area contributed by atoms with Gasteiger partial charge in [0.05, 0.1) is 4.90 Å². The fraction of sp³-hybridized carbons (Fsp3) is 0.0833. The van der Waals surface area contributed by atoms with Crippen molar-refractivity contribution in [3.05, 3.63) is 41.4 Å². The summed E-state index contributed by atoms with van der Waals surface area (Å²) in [6.07, 6.45) is 1.51. The van der Waals surface area contributed by atoms with Gasteiger partial charge in [-0.2, -0.15) is 0 Å². The fourth-order valence-electron chi connectivity index (χ4n) is 1.50. The molecule has 2 rings (SSSR count). The molecule has 0 aliphatic heterocycles. The third-order valence-electron chi connectivity index (χ3n) is 2.56. The van der Waals surface area contributed by atoms with Gasteiger partial charge in [-0.05, 0) is 17.7 Å². The second kappa shape index (κ2) is 6.64. The number of anilines is 1. The van der Waals surface area contributed by atoms with Gasteiger partial charge in [-0.25, -0.2) is 18.5 Å². The predicted octanol–water partition coefficient (Wildman–Crippen LogP) is 0.0454. The number of thiazole rings is 1. The van der Waals surface area contributed by atoms with E-state index in [-0.39, 0.29) is 11.4 Å². The Bertz CT molecular complexity index is 770. The van der Waals surface area contributed by atoms with Crippen LogP contribution in [0, 0.1) is 0 Å². The van der Waals surface area contributed by atoms with Crippen molar-refractivity contribution in [2.75, 3.05) is 5.32 Å². The first-order valence-electron chi connectivity index (χ1n) is 5.96. The molecule has 2 amide bonds.